The van der Waals surface area contributed by atoms with Crippen molar-refractivity contribution in [1.29, 1.82) is 0 Å². The first-order valence-corrected chi connectivity index (χ1v) is 6.14. The molecule has 0 spiro atoms. The summed E-state index contributed by atoms with van der Waals surface area (Å²) < 4.78 is 5.13. The number of aromatic nitrogens is 2. The Hall–Kier alpha value is -1.40. The zero-order valence-corrected chi connectivity index (χ0v) is 10.5. The van der Waals surface area contributed by atoms with Crippen LogP contribution < -0.4 is 9.64 Å². The fourth-order valence-corrected chi connectivity index (χ4v) is 2.01. The molecule has 6 heteroatoms. The van der Waals surface area contributed by atoms with Gasteiger partial charge in [0.15, 0.2) is 5.82 Å². The fraction of sp³-hybridized carbons (Fsp3) is 0.667. The van der Waals surface area contributed by atoms with Crippen LogP contribution in [0.4, 0.5) is 5.82 Å². The summed E-state index contributed by atoms with van der Waals surface area (Å²) in [7, 11) is 1.88. The van der Waals surface area contributed by atoms with Gasteiger partial charge >= 0.3 is 0 Å². The summed E-state index contributed by atoms with van der Waals surface area (Å²) in [5, 5.41) is 26.6. The number of anilines is 1. The molecular formula is C12H19N3O3. The molecule has 0 bridgehead atoms. The van der Waals surface area contributed by atoms with E-state index < -0.39 is 5.60 Å². The van der Waals surface area contributed by atoms with Gasteiger partial charge in [-0.3, -0.25) is 0 Å². The Bertz CT molecular complexity index is 379. The van der Waals surface area contributed by atoms with Crippen LogP contribution in [0.3, 0.4) is 0 Å². The number of hydrogen-bond donors (Lipinski definition) is 2. The Kier molecular flexibility index (Phi) is 3.98. The Morgan fingerprint density at radius 1 is 1.39 bits per heavy atom. The standard InChI is InChI=1S/C12H19N3O3/c1-15(9-12(17)5-2-6-12)10-3-4-11(14-13-10)18-8-7-16/h3-4,16-17H,2,5-9H2,1H3. The molecule has 0 aromatic carbocycles. The van der Waals surface area contributed by atoms with E-state index in [1.54, 1.807) is 12.1 Å². The van der Waals surface area contributed by atoms with E-state index in [0.717, 1.165) is 19.3 Å². The number of likely N-dealkylation sites (N-methyl/N-ethyl adjacent to an activating group) is 1. The molecular weight excluding hydrogens is 234 g/mol. The van der Waals surface area contributed by atoms with Crippen molar-refractivity contribution < 1.29 is 14.9 Å². The van der Waals surface area contributed by atoms with Gasteiger partial charge in [0.2, 0.25) is 5.88 Å². The fourth-order valence-electron chi connectivity index (χ4n) is 2.01. The van der Waals surface area contributed by atoms with Gasteiger partial charge in [-0.1, -0.05) is 0 Å². The third-order valence-corrected chi connectivity index (χ3v) is 3.17. The second-order valence-corrected chi connectivity index (χ2v) is 4.74. The predicted molar refractivity (Wildman–Crippen MR) is 66.7 cm³/mol. The summed E-state index contributed by atoms with van der Waals surface area (Å²) >= 11 is 0. The van der Waals surface area contributed by atoms with Gasteiger partial charge in [0.05, 0.1) is 12.2 Å². The second kappa shape index (κ2) is 5.49. The molecule has 2 rings (SSSR count). The summed E-state index contributed by atoms with van der Waals surface area (Å²) in [4.78, 5) is 1.89. The predicted octanol–water partition coefficient (Wildman–Crippen LogP) is 0.199. The van der Waals surface area contributed by atoms with E-state index in [1.807, 2.05) is 11.9 Å². The van der Waals surface area contributed by atoms with Gasteiger partial charge in [0.1, 0.15) is 6.61 Å². The summed E-state index contributed by atoms with van der Waals surface area (Å²) in [5.41, 5.74) is -0.567. The summed E-state index contributed by atoms with van der Waals surface area (Å²) in [6, 6.07) is 3.50. The van der Waals surface area contributed by atoms with Crippen molar-refractivity contribution in [2.24, 2.45) is 0 Å². The number of nitrogens with zero attached hydrogens (tertiary/aromatic N) is 3. The minimum atomic E-state index is -0.567. The van der Waals surface area contributed by atoms with Crippen molar-refractivity contribution in [2.45, 2.75) is 24.9 Å². The topological polar surface area (TPSA) is 78.7 Å². The summed E-state index contributed by atoms with van der Waals surface area (Å²) in [5.74, 6) is 1.09. The van der Waals surface area contributed by atoms with Crippen molar-refractivity contribution in [3.8, 4) is 5.88 Å². The molecule has 1 aliphatic carbocycles. The Morgan fingerprint density at radius 2 is 2.17 bits per heavy atom. The molecule has 18 heavy (non-hydrogen) atoms. The lowest BCUT2D eigenvalue weighted by molar-refractivity contribution is -0.0248. The van der Waals surface area contributed by atoms with Crippen LogP contribution >= 0.6 is 0 Å². The van der Waals surface area contributed by atoms with Crippen LogP contribution in [0.5, 0.6) is 5.88 Å². The molecule has 1 heterocycles. The molecule has 0 radical (unpaired) electrons. The Balaban J connectivity index is 1.91. The van der Waals surface area contributed by atoms with Crippen molar-refractivity contribution in [1.82, 2.24) is 10.2 Å². The van der Waals surface area contributed by atoms with E-state index in [9.17, 15) is 5.11 Å². The van der Waals surface area contributed by atoms with Crippen LogP contribution in [0.1, 0.15) is 19.3 Å². The van der Waals surface area contributed by atoms with E-state index in [1.165, 1.54) is 0 Å². The maximum absolute atomic E-state index is 10.1. The first-order chi connectivity index (χ1) is 8.63. The largest absolute Gasteiger partial charge is 0.474 e. The molecule has 0 amide bonds. The zero-order chi connectivity index (χ0) is 13.0. The molecule has 100 valence electrons. The normalized spacial score (nSPS) is 17.1. The third kappa shape index (κ3) is 3.08. The van der Waals surface area contributed by atoms with Gasteiger partial charge in [0.25, 0.3) is 0 Å². The SMILES string of the molecule is CN(CC1(O)CCC1)c1ccc(OCCO)nn1. The van der Waals surface area contributed by atoms with E-state index in [2.05, 4.69) is 10.2 Å². The van der Waals surface area contributed by atoms with E-state index in [0.29, 0.717) is 18.2 Å². The van der Waals surface area contributed by atoms with E-state index in [-0.39, 0.29) is 13.2 Å². The Labute approximate surface area is 106 Å². The second-order valence-electron chi connectivity index (χ2n) is 4.74. The smallest absolute Gasteiger partial charge is 0.233 e. The van der Waals surface area contributed by atoms with Crippen molar-refractivity contribution in [3.63, 3.8) is 0 Å². The molecule has 0 unspecified atom stereocenters. The Morgan fingerprint density at radius 3 is 2.67 bits per heavy atom. The first kappa shape index (κ1) is 13.0. The molecule has 1 aromatic rings. The van der Waals surface area contributed by atoms with E-state index in [4.69, 9.17) is 9.84 Å². The van der Waals surface area contributed by atoms with Crippen molar-refractivity contribution >= 4 is 5.82 Å². The lowest BCUT2D eigenvalue weighted by atomic mass is 9.80. The van der Waals surface area contributed by atoms with Gasteiger partial charge in [-0.05, 0) is 25.3 Å². The quantitative estimate of drug-likeness (QED) is 0.754. The van der Waals surface area contributed by atoms with Gasteiger partial charge in [-0.15, -0.1) is 10.2 Å². The lowest BCUT2D eigenvalue weighted by Crippen LogP contribution is -2.47. The molecule has 2 N–H and O–H groups in total. The number of hydrogen-bond acceptors (Lipinski definition) is 6. The first-order valence-electron chi connectivity index (χ1n) is 6.14. The molecule has 6 nitrogen and oxygen atoms in total. The molecule has 1 aromatic heterocycles. The van der Waals surface area contributed by atoms with Gasteiger partial charge in [-0.2, -0.15) is 0 Å². The highest BCUT2D eigenvalue weighted by molar-refractivity contribution is 5.37. The van der Waals surface area contributed by atoms with Crippen molar-refractivity contribution in [2.75, 3.05) is 31.7 Å². The monoisotopic (exact) mass is 253 g/mol. The van der Waals surface area contributed by atoms with Gasteiger partial charge in [0, 0.05) is 19.7 Å². The minimum Gasteiger partial charge on any atom is -0.474 e. The molecule has 1 fully saturated rings. The molecule has 1 aliphatic rings. The van der Waals surface area contributed by atoms with Crippen LogP contribution in [-0.4, -0.2) is 52.8 Å². The summed E-state index contributed by atoms with van der Waals surface area (Å²) in [6.45, 7) is 0.735. The van der Waals surface area contributed by atoms with Crippen molar-refractivity contribution in [3.05, 3.63) is 12.1 Å². The van der Waals surface area contributed by atoms with Crippen LogP contribution in [0.25, 0.3) is 0 Å². The third-order valence-electron chi connectivity index (χ3n) is 3.17. The maximum Gasteiger partial charge on any atom is 0.233 e. The zero-order valence-electron chi connectivity index (χ0n) is 10.5. The number of aliphatic hydroxyl groups excluding tert-OH is 1. The van der Waals surface area contributed by atoms with Crippen LogP contribution in [0.2, 0.25) is 0 Å². The average Bonchev–Trinajstić information content (AvgIpc) is 2.35. The van der Waals surface area contributed by atoms with Crippen LogP contribution in [-0.2, 0) is 0 Å². The van der Waals surface area contributed by atoms with Crippen LogP contribution in [0.15, 0.2) is 12.1 Å². The highest BCUT2D eigenvalue weighted by Crippen LogP contribution is 2.32. The lowest BCUT2D eigenvalue weighted by Gasteiger charge is -2.39. The average molecular weight is 253 g/mol. The summed E-state index contributed by atoms with van der Waals surface area (Å²) in [6.07, 6.45) is 2.79. The highest BCUT2D eigenvalue weighted by Gasteiger charge is 2.35. The number of ether oxygens (including phenoxy) is 1. The van der Waals surface area contributed by atoms with Gasteiger partial charge in [-0.25, -0.2) is 0 Å². The molecule has 1 saturated carbocycles. The molecule has 0 atom stereocenters. The highest BCUT2D eigenvalue weighted by atomic mass is 16.5. The minimum absolute atomic E-state index is 0.0453. The maximum atomic E-state index is 10.1. The number of rotatable bonds is 6. The molecule has 0 saturated heterocycles. The molecule has 0 aliphatic heterocycles. The van der Waals surface area contributed by atoms with Gasteiger partial charge < -0.3 is 19.8 Å². The van der Waals surface area contributed by atoms with Crippen LogP contribution in [0, 0.1) is 0 Å². The number of aliphatic hydroxyl groups is 2. The van der Waals surface area contributed by atoms with E-state index >= 15 is 0 Å².